The number of rotatable bonds is 3. The fourth-order valence-corrected chi connectivity index (χ4v) is 3.04. The highest BCUT2D eigenvalue weighted by molar-refractivity contribution is 5.94. The lowest BCUT2D eigenvalue weighted by atomic mass is 9.99. The van der Waals surface area contributed by atoms with Gasteiger partial charge >= 0.3 is 0 Å². The van der Waals surface area contributed by atoms with E-state index < -0.39 is 0 Å². The monoisotopic (exact) mass is 294 g/mol. The predicted molar refractivity (Wildman–Crippen MR) is 91.1 cm³/mol. The van der Waals surface area contributed by atoms with Crippen LogP contribution in [0.3, 0.4) is 0 Å². The van der Waals surface area contributed by atoms with Gasteiger partial charge in [-0.1, -0.05) is 30.3 Å². The predicted octanol–water partition coefficient (Wildman–Crippen LogP) is 3.54. The maximum Gasteiger partial charge on any atom is 0.223 e. The number of anilines is 1. The van der Waals surface area contributed by atoms with Crippen LogP contribution in [-0.2, 0) is 11.2 Å². The molecule has 22 heavy (non-hydrogen) atoms. The summed E-state index contributed by atoms with van der Waals surface area (Å²) in [6.07, 6.45) is 0.942. The Labute approximate surface area is 132 Å². The van der Waals surface area contributed by atoms with Gasteiger partial charge in [0.25, 0.3) is 0 Å². The molecule has 114 valence electrons. The molecular weight excluding hydrogens is 272 g/mol. The Bertz CT molecular complexity index is 691. The van der Waals surface area contributed by atoms with Gasteiger partial charge in [0, 0.05) is 25.2 Å². The van der Waals surface area contributed by atoms with E-state index in [1.54, 1.807) is 6.92 Å². The van der Waals surface area contributed by atoms with Gasteiger partial charge in [-0.05, 0) is 54.8 Å². The minimum atomic E-state index is 0.122. The first kappa shape index (κ1) is 14.8. The standard InChI is InChI=1S/C19H22N2O/c1-13(20-3)15-4-6-16(7-5-15)17-8-9-19-18(12-17)10-11-21(19)14(2)22/h4-9,12-13,20H,10-11H2,1-3H3. The molecule has 0 spiro atoms. The first-order valence-corrected chi connectivity index (χ1v) is 7.79. The van der Waals surface area contributed by atoms with E-state index in [-0.39, 0.29) is 5.91 Å². The molecule has 0 aromatic heterocycles. The lowest BCUT2D eigenvalue weighted by Gasteiger charge is -2.15. The van der Waals surface area contributed by atoms with E-state index in [1.165, 1.54) is 22.3 Å². The number of amides is 1. The van der Waals surface area contributed by atoms with Crippen LogP contribution in [0.15, 0.2) is 42.5 Å². The molecule has 3 nitrogen and oxygen atoms in total. The van der Waals surface area contributed by atoms with Crippen LogP contribution in [0.5, 0.6) is 0 Å². The summed E-state index contributed by atoms with van der Waals surface area (Å²) in [6, 6.07) is 15.4. The molecule has 0 fully saturated rings. The second kappa shape index (κ2) is 5.93. The number of hydrogen-bond acceptors (Lipinski definition) is 2. The van der Waals surface area contributed by atoms with E-state index in [9.17, 15) is 4.79 Å². The Kier molecular flexibility index (Phi) is 3.99. The molecule has 1 unspecified atom stereocenters. The minimum Gasteiger partial charge on any atom is -0.313 e. The van der Waals surface area contributed by atoms with Crippen molar-refractivity contribution in [3.05, 3.63) is 53.6 Å². The van der Waals surface area contributed by atoms with Crippen molar-refractivity contribution in [1.29, 1.82) is 0 Å². The zero-order chi connectivity index (χ0) is 15.7. The lowest BCUT2D eigenvalue weighted by molar-refractivity contribution is -0.116. The molecule has 1 aliphatic rings. The molecule has 1 aliphatic heterocycles. The maximum atomic E-state index is 11.6. The third kappa shape index (κ3) is 2.64. The number of nitrogens with zero attached hydrogens (tertiary/aromatic N) is 1. The van der Waals surface area contributed by atoms with E-state index in [0.717, 1.165) is 18.7 Å². The number of benzene rings is 2. The van der Waals surface area contributed by atoms with Gasteiger partial charge in [0.2, 0.25) is 5.91 Å². The van der Waals surface area contributed by atoms with Crippen molar-refractivity contribution < 1.29 is 4.79 Å². The van der Waals surface area contributed by atoms with E-state index in [4.69, 9.17) is 0 Å². The molecule has 0 bridgehead atoms. The van der Waals surface area contributed by atoms with Crippen LogP contribution >= 0.6 is 0 Å². The van der Waals surface area contributed by atoms with Gasteiger partial charge in [0.1, 0.15) is 0 Å². The van der Waals surface area contributed by atoms with Gasteiger partial charge in [0.05, 0.1) is 0 Å². The number of carbonyl (C=O) groups excluding carboxylic acids is 1. The average Bonchev–Trinajstić information content (AvgIpc) is 2.97. The van der Waals surface area contributed by atoms with E-state index in [1.807, 2.05) is 11.9 Å². The summed E-state index contributed by atoms with van der Waals surface area (Å²) in [4.78, 5) is 13.5. The van der Waals surface area contributed by atoms with E-state index in [2.05, 4.69) is 54.7 Å². The third-order valence-corrected chi connectivity index (χ3v) is 4.53. The summed E-state index contributed by atoms with van der Waals surface area (Å²) in [6.45, 7) is 4.58. The molecule has 1 heterocycles. The summed E-state index contributed by atoms with van der Waals surface area (Å²) in [7, 11) is 1.97. The maximum absolute atomic E-state index is 11.6. The minimum absolute atomic E-state index is 0.122. The smallest absolute Gasteiger partial charge is 0.223 e. The number of hydrogen-bond donors (Lipinski definition) is 1. The van der Waals surface area contributed by atoms with Gasteiger partial charge < -0.3 is 10.2 Å². The van der Waals surface area contributed by atoms with Crippen molar-refractivity contribution in [2.24, 2.45) is 0 Å². The second-order valence-corrected chi connectivity index (χ2v) is 5.90. The van der Waals surface area contributed by atoms with E-state index >= 15 is 0 Å². The van der Waals surface area contributed by atoms with Crippen LogP contribution in [0.25, 0.3) is 11.1 Å². The molecule has 3 rings (SSSR count). The largest absolute Gasteiger partial charge is 0.313 e. The van der Waals surface area contributed by atoms with Gasteiger partial charge in [-0.25, -0.2) is 0 Å². The molecule has 2 aromatic carbocycles. The highest BCUT2D eigenvalue weighted by Crippen LogP contribution is 2.32. The van der Waals surface area contributed by atoms with Gasteiger partial charge in [-0.2, -0.15) is 0 Å². The first-order chi connectivity index (χ1) is 10.6. The molecule has 0 saturated carbocycles. The summed E-state index contributed by atoms with van der Waals surface area (Å²) in [5.74, 6) is 0.122. The summed E-state index contributed by atoms with van der Waals surface area (Å²) >= 11 is 0. The first-order valence-electron chi connectivity index (χ1n) is 7.79. The fourth-order valence-electron chi connectivity index (χ4n) is 3.04. The molecular formula is C19H22N2O. The molecule has 2 aromatic rings. The summed E-state index contributed by atoms with van der Waals surface area (Å²) in [5, 5.41) is 3.25. The van der Waals surface area contributed by atoms with Crippen LogP contribution in [0.2, 0.25) is 0 Å². The van der Waals surface area contributed by atoms with Crippen molar-refractivity contribution in [2.75, 3.05) is 18.5 Å². The molecule has 0 radical (unpaired) electrons. The van der Waals surface area contributed by atoms with Crippen molar-refractivity contribution in [2.45, 2.75) is 26.3 Å². The third-order valence-electron chi connectivity index (χ3n) is 4.53. The molecule has 0 aliphatic carbocycles. The zero-order valence-electron chi connectivity index (χ0n) is 13.4. The van der Waals surface area contributed by atoms with Crippen LogP contribution in [0, 0.1) is 0 Å². The topological polar surface area (TPSA) is 32.3 Å². The summed E-state index contributed by atoms with van der Waals surface area (Å²) < 4.78 is 0. The van der Waals surface area contributed by atoms with Gasteiger partial charge in [0.15, 0.2) is 0 Å². The highest BCUT2D eigenvalue weighted by Gasteiger charge is 2.22. The van der Waals surface area contributed by atoms with E-state index in [0.29, 0.717) is 6.04 Å². The summed E-state index contributed by atoms with van der Waals surface area (Å²) in [5.41, 5.74) is 6.05. The fraction of sp³-hybridized carbons (Fsp3) is 0.316. The molecule has 1 amide bonds. The van der Waals surface area contributed by atoms with Crippen molar-refractivity contribution in [1.82, 2.24) is 5.32 Å². The molecule has 3 heteroatoms. The Morgan fingerprint density at radius 3 is 2.45 bits per heavy atom. The number of fused-ring (bicyclic) bond motifs is 1. The number of nitrogens with one attached hydrogen (secondary N) is 1. The molecule has 0 saturated heterocycles. The zero-order valence-corrected chi connectivity index (χ0v) is 13.4. The Hall–Kier alpha value is -2.13. The van der Waals surface area contributed by atoms with Gasteiger partial charge in [-0.15, -0.1) is 0 Å². The normalized spacial score (nSPS) is 14.8. The van der Waals surface area contributed by atoms with Crippen molar-refractivity contribution in [3.63, 3.8) is 0 Å². The molecule has 1 N–H and O–H groups in total. The Balaban J connectivity index is 1.89. The Morgan fingerprint density at radius 1 is 1.14 bits per heavy atom. The van der Waals surface area contributed by atoms with Crippen LogP contribution in [-0.4, -0.2) is 19.5 Å². The lowest BCUT2D eigenvalue weighted by Crippen LogP contribution is -2.25. The SMILES string of the molecule is CNC(C)c1ccc(-c2ccc3c(c2)CCN3C(C)=O)cc1. The second-order valence-electron chi connectivity index (χ2n) is 5.90. The number of carbonyl (C=O) groups is 1. The van der Waals surface area contributed by atoms with Crippen LogP contribution in [0.4, 0.5) is 5.69 Å². The van der Waals surface area contributed by atoms with Crippen molar-refractivity contribution in [3.8, 4) is 11.1 Å². The van der Waals surface area contributed by atoms with Gasteiger partial charge in [-0.3, -0.25) is 4.79 Å². The highest BCUT2D eigenvalue weighted by atomic mass is 16.2. The van der Waals surface area contributed by atoms with Crippen molar-refractivity contribution >= 4 is 11.6 Å². The quantitative estimate of drug-likeness (QED) is 0.939. The Morgan fingerprint density at radius 2 is 1.82 bits per heavy atom. The van der Waals surface area contributed by atoms with Crippen LogP contribution < -0.4 is 10.2 Å². The van der Waals surface area contributed by atoms with Crippen LogP contribution in [0.1, 0.15) is 31.0 Å². The molecule has 1 atom stereocenters. The average molecular weight is 294 g/mol.